The van der Waals surface area contributed by atoms with E-state index in [0.29, 0.717) is 0 Å². The lowest BCUT2D eigenvalue weighted by atomic mass is 9.71. The van der Waals surface area contributed by atoms with Crippen LogP contribution in [0.15, 0.2) is 36.0 Å². The second kappa shape index (κ2) is 2.12. The molecule has 1 fully saturated rings. The summed E-state index contributed by atoms with van der Waals surface area (Å²) >= 11 is 0. The summed E-state index contributed by atoms with van der Waals surface area (Å²) in [5, 5.41) is 0. The minimum atomic E-state index is 0.769. The molecule has 0 aromatic carbocycles. The van der Waals surface area contributed by atoms with Gasteiger partial charge in [0.2, 0.25) is 0 Å². The van der Waals surface area contributed by atoms with Crippen molar-refractivity contribution in [2.45, 2.75) is 13.3 Å². The predicted molar refractivity (Wildman–Crippen MR) is 43.6 cm³/mol. The molecular weight excluding hydrogens is 120 g/mol. The summed E-state index contributed by atoms with van der Waals surface area (Å²) in [6.45, 7) is 2.30. The highest BCUT2D eigenvalue weighted by Gasteiger charge is 2.28. The fraction of sp³-hybridized carbons (Fsp3) is 0.400. The summed E-state index contributed by atoms with van der Waals surface area (Å²) in [5.74, 6) is 1.60. The third kappa shape index (κ3) is 0.756. The van der Waals surface area contributed by atoms with Crippen LogP contribution in [-0.2, 0) is 0 Å². The maximum absolute atomic E-state index is 2.30. The van der Waals surface area contributed by atoms with Crippen molar-refractivity contribution in [3.8, 4) is 0 Å². The zero-order valence-corrected chi connectivity index (χ0v) is 6.25. The summed E-state index contributed by atoms with van der Waals surface area (Å²) < 4.78 is 0. The Labute approximate surface area is 61.9 Å². The Balaban J connectivity index is 2.26. The summed E-state index contributed by atoms with van der Waals surface area (Å²) in [7, 11) is 0. The van der Waals surface area contributed by atoms with E-state index in [9.17, 15) is 0 Å². The first-order valence-electron chi connectivity index (χ1n) is 3.93. The molecule has 10 heavy (non-hydrogen) atoms. The van der Waals surface area contributed by atoms with Crippen molar-refractivity contribution in [3.05, 3.63) is 36.0 Å². The molecule has 0 heterocycles. The molecule has 2 unspecified atom stereocenters. The van der Waals surface area contributed by atoms with E-state index in [4.69, 9.17) is 0 Å². The Morgan fingerprint density at radius 1 is 1.30 bits per heavy atom. The van der Waals surface area contributed by atoms with Crippen molar-refractivity contribution in [3.63, 3.8) is 0 Å². The van der Waals surface area contributed by atoms with Gasteiger partial charge in [0.15, 0.2) is 0 Å². The molecule has 0 aromatic rings. The number of fused-ring (bicyclic) bond motifs is 1. The van der Waals surface area contributed by atoms with Crippen LogP contribution in [0.5, 0.6) is 0 Å². The summed E-state index contributed by atoms with van der Waals surface area (Å²) in [4.78, 5) is 0. The van der Waals surface area contributed by atoms with Crippen LogP contribution in [0.2, 0.25) is 0 Å². The third-order valence-electron chi connectivity index (χ3n) is 2.46. The van der Waals surface area contributed by atoms with Crippen LogP contribution in [0, 0.1) is 11.8 Å². The van der Waals surface area contributed by atoms with Crippen molar-refractivity contribution < 1.29 is 0 Å². The van der Waals surface area contributed by atoms with Gasteiger partial charge in [-0.05, 0) is 18.3 Å². The zero-order chi connectivity index (χ0) is 6.97. The molecule has 2 rings (SSSR count). The van der Waals surface area contributed by atoms with Gasteiger partial charge in [0.1, 0.15) is 0 Å². The van der Waals surface area contributed by atoms with Gasteiger partial charge in [0, 0.05) is 0 Å². The zero-order valence-electron chi connectivity index (χ0n) is 6.25. The van der Waals surface area contributed by atoms with Gasteiger partial charge in [0.25, 0.3) is 0 Å². The van der Waals surface area contributed by atoms with Crippen LogP contribution in [0.3, 0.4) is 0 Å². The lowest BCUT2D eigenvalue weighted by Gasteiger charge is -2.34. The SMILES string of the molecule is CC1CC2C=CC=CC=C12. The average Bonchev–Trinajstić information content (AvgIpc) is 2.09. The van der Waals surface area contributed by atoms with E-state index < -0.39 is 0 Å². The summed E-state index contributed by atoms with van der Waals surface area (Å²) in [6.07, 6.45) is 12.3. The first-order chi connectivity index (χ1) is 4.88. The number of hydrogen-bond donors (Lipinski definition) is 0. The predicted octanol–water partition coefficient (Wildman–Crippen LogP) is 2.69. The van der Waals surface area contributed by atoms with E-state index in [1.165, 1.54) is 6.42 Å². The second-order valence-corrected chi connectivity index (χ2v) is 3.18. The van der Waals surface area contributed by atoms with Gasteiger partial charge in [-0.15, -0.1) is 0 Å². The van der Waals surface area contributed by atoms with Gasteiger partial charge in [-0.2, -0.15) is 0 Å². The van der Waals surface area contributed by atoms with Crippen LogP contribution in [0.1, 0.15) is 13.3 Å². The van der Waals surface area contributed by atoms with E-state index in [0.717, 1.165) is 11.8 Å². The van der Waals surface area contributed by atoms with Crippen molar-refractivity contribution >= 4 is 0 Å². The number of rotatable bonds is 0. The molecule has 0 heteroatoms. The lowest BCUT2D eigenvalue weighted by molar-refractivity contribution is 0.396. The van der Waals surface area contributed by atoms with Crippen molar-refractivity contribution in [1.29, 1.82) is 0 Å². The van der Waals surface area contributed by atoms with Crippen molar-refractivity contribution in [2.75, 3.05) is 0 Å². The van der Waals surface area contributed by atoms with E-state index in [2.05, 4.69) is 37.3 Å². The van der Waals surface area contributed by atoms with Crippen LogP contribution in [0.4, 0.5) is 0 Å². The van der Waals surface area contributed by atoms with E-state index in [1.54, 1.807) is 5.57 Å². The molecule has 0 amide bonds. The van der Waals surface area contributed by atoms with E-state index >= 15 is 0 Å². The normalized spacial score (nSPS) is 35.9. The standard InChI is InChI=1S/C10H12/c1-8-7-9-5-3-2-4-6-10(8)9/h2-6,8-9H,7H2,1H3. The van der Waals surface area contributed by atoms with Crippen LogP contribution in [0.25, 0.3) is 0 Å². The van der Waals surface area contributed by atoms with Crippen molar-refractivity contribution in [2.24, 2.45) is 11.8 Å². The van der Waals surface area contributed by atoms with Gasteiger partial charge in [0.05, 0.1) is 0 Å². The number of hydrogen-bond acceptors (Lipinski definition) is 0. The molecule has 52 valence electrons. The molecule has 0 nitrogen and oxygen atoms in total. The maximum Gasteiger partial charge on any atom is -0.000876 e. The molecule has 0 spiro atoms. The first-order valence-corrected chi connectivity index (χ1v) is 3.93. The summed E-state index contributed by atoms with van der Waals surface area (Å²) in [5.41, 5.74) is 1.62. The Morgan fingerprint density at radius 2 is 2.20 bits per heavy atom. The van der Waals surface area contributed by atoms with E-state index in [1.807, 2.05) is 0 Å². The van der Waals surface area contributed by atoms with Crippen LogP contribution >= 0.6 is 0 Å². The van der Waals surface area contributed by atoms with E-state index in [-0.39, 0.29) is 0 Å². The van der Waals surface area contributed by atoms with Gasteiger partial charge in [-0.3, -0.25) is 0 Å². The van der Waals surface area contributed by atoms with Crippen molar-refractivity contribution in [1.82, 2.24) is 0 Å². The highest BCUT2D eigenvalue weighted by molar-refractivity contribution is 5.33. The Hall–Kier alpha value is -0.780. The van der Waals surface area contributed by atoms with Gasteiger partial charge in [-0.1, -0.05) is 42.9 Å². The van der Waals surface area contributed by atoms with Gasteiger partial charge < -0.3 is 0 Å². The molecule has 2 aliphatic rings. The molecule has 2 aliphatic carbocycles. The average molecular weight is 132 g/mol. The fourth-order valence-electron chi connectivity index (χ4n) is 1.76. The molecule has 0 aromatic heterocycles. The Bertz CT molecular complexity index is 218. The topological polar surface area (TPSA) is 0 Å². The highest BCUT2D eigenvalue weighted by atomic mass is 14.3. The molecule has 0 N–H and O–H groups in total. The smallest absolute Gasteiger partial charge is 0.000876 e. The monoisotopic (exact) mass is 132 g/mol. The fourth-order valence-corrected chi connectivity index (χ4v) is 1.76. The Kier molecular flexibility index (Phi) is 1.26. The highest BCUT2D eigenvalue weighted by Crippen LogP contribution is 2.40. The second-order valence-electron chi connectivity index (χ2n) is 3.18. The molecule has 0 radical (unpaired) electrons. The minimum Gasteiger partial charge on any atom is -0.0773 e. The molecule has 1 saturated carbocycles. The minimum absolute atomic E-state index is 0.769. The lowest BCUT2D eigenvalue weighted by Crippen LogP contribution is -2.22. The largest absolute Gasteiger partial charge is 0.0773 e. The van der Waals surface area contributed by atoms with Crippen LogP contribution in [-0.4, -0.2) is 0 Å². The Morgan fingerprint density at radius 3 is 3.00 bits per heavy atom. The molecule has 2 atom stereocenters. The van der Waals surface area contributed by atoms with Gasteiger partial charge in [-0.25, -0.2) is 0 Å². The van der Waals surface area contributed by atoms with Gasteiger partial charge >= 0.3 is 0 Å². The maximum atomic E-state index is 2.30. The number of allylic oxidation sites excluding steroid dienone is 6. The molecule has 0 bridgehead atoms. The molecule has 0 saturated heterocycles. The molecule has 0 aliphatic heterocycles. The summed E-state index contributed by atoms with van der Waals surface area (Å²) in [6, 6.07) is 0. The first kappa shape index (κ1) is 5.96. The van der Waals surface area contributed by atoms with Crippen LogP contribution < -0.4 is 0 Å². The quantitative estimate of drug-likeness (QED) is 0.475. The molecular formula is C10H12. The third-order valence-corrected chi connectivity index (χ3v) is 2.46.